The Hall–Kier alpha value is -7.63. The molecule has 0 radical (unpaired) electrons. The molecule has 5 nitrogen and oxygen atoms in total. The van der Waals surface area contributed by atoms with Crippen molar-refractivity contribution < 1.29 is 13.9 Å². The zero-order valence-corrected chi connectivity index (χ0v) is 35.4. The van der Waals surface area contributed by atoms with E-state index in [1.807, 2.05) is 0 Å². The Morgan fingerprint density at radius 2 is 1.20 bits per heavy atom. The number of aryl methyl sites for hydroxylation is 1. The molecule has 298 valence electrons. The first kappa shape index (κ1) is 33.9. The third-order valence-corrected chi connectivity index (χ3v) is 15.5. The number of para-hydroxylation sites is 4. The molecule has 8 aromatic carbocycles. The number of ether oxygens (including phenoxy) is 2. The quantitative estimate of drug-likeness (QED) is 0.163. The summed E-state index contributed by atoms with van der Waals surface area (Å²) in [5, 5.41) is 3.62. The summed E-state index contributed by atoms with van der Waals surface area (Å²) in [5.74, 6) is 3.71. The van der Waals surface area contributed by atoms with Crippen molar-refractivity contribution in [2.24, 2.45) is 0 Å². The van der Waals surface area contributed by atoms with Crippen LogP contribution < -0.4 is 42.3 Å². The molecule has 0 spiro atoms. The third-order valence-electron chi connectivity index (χ3n) is 15.5. The minimum absolute atomic E-state index is 0.0221. The first-order valence-corrected chi connectivity index (χ1v) is 22.5. The number of benzene rings is 8. The Morgan fingerprint density at radius 3 is 2.02 bits per heavy atom. The zero-order chi connectivity index (χ0) is 41.9. The van der Waals surface area contributed by atoms with E-state index in [9.17, 15) is 0 Å². The smallest absolute Gasteiger partial charge is 0.256 e. The highest BCUT2D eigenvalue weighted by atomic mass is 16.5. The molecule has 7 heteroatoms. The average Bonchev–Trinajstić information content (AvgIpc) is 4.03. The molecule has 7 heterocycles. The zero-order valence-electron chi connectivity index (χ0n) is 35.4. The van der Waals surface area contributed by atoms with E-state index < -0.39 is 0 Å². The summed E-state index contributed by atoms with van der Waals surface area (Å²) in [5.41, 5.74) is 24.1. The van der Waals surface area contributed by atoms with Gasteiger partial charge in [-0.1, -0.05) is 117 Å². The Morgan fingerprint density at radius 1 is 0.547 bits per heavy atom. The van der Waals surface area contributed by atoms with Crippen molar-refractivity contribution in [2.45, 2.75) is 32.6 Å². The summed E-state index contributed by atoms with van der Waals surface area (Å²) >= 11 is 0. The lowest BCUT2D eigenvalue weighted by atomic mass is 9.34. The fourth-order valence-electron chi connectivity index (χ4n) is 13.1. The van der Waals surface area contributed by atoms with E-state index in [1.54, 1.807) is 0 Å². The SMILES string of the molecule is Cc1cc2c3c(c1)-n1c4c(ccc(Cc5cc6c7c(c5)-n5c8c(c9cccc(c95)B7c5ccccc5O6)C(C)(C)c5ccccc5-8)c4c4oc5ccccc5c41)B3c1ccccc1O2. The number of furan rings is 1. The molecular weight excluding hydrogens is 782 g/mol. The van der Waals surface area contributed by atoms with Crippen molar-refractivity contribution in [3.63, 3.8) is 0 Å². The van der Waals surface area contributed by atoms with Crippen LogP contribution in [0.1, 0.15) is 41.7 Å². The van der Waals surface area contributed by atoms with Crippen LogP contribution in [0.2, 0.25) is 0 Å². The minimum Gasteiger partial charge on any atom is -0.458 e. The molecule has 0 unspecified atom stereocenters. The topological polar surface area (TPSA) is 41.5 Å². The summed E-state index contributed by atoms with van der Waals surface area (Å²) in [6.07, 6.45) is 0.690. The molecule has 0 fully saturated rings. The molecule has 0 bridgehead atoms. The van der Waals surface area contributed by atoms with Gasteiger partial charge in [0.25, 0.3) is 13.4 Å². The Balaban J connectivity index is 0.987. The van der Waals surface area contributed by atoms with Crippen LogP contribution >= 0.6 is 0 Å². The van der Waals surface area contributed by atoms with Crippen LogP contribution in [0.3, 0.4) is 0 Å². The molecule has 64 heavy (non-hydrogen) atoms. The predicted molar refractivity (Wildman–Crippen MR) is 261 cm³/mol. The van der Waals surface area contributed by atoms with E-state index in [1.165, 1.54) is 93.8 Å². The summed E-state index contributed by atoms with van der Waals surface area (Å²) in [4.78, 5) is 0. The molecule has 0 saturated heterocycles. The minimum atomic E-state index is -0.157. The molecule has 1 aliphatic carbocycles. The van der Waals surface area contributed by atoms with Gasteiger partial charge in [-0.2, -0.15) is 0 Å². The third kappa shape index (κ3) is 3.90. The van der Waals surface area contributed by atoms with Gasteiger partial charge < -0.3 is 23.0 Å². The number of hydrogen-bond acceptors (Lipinski definition) is 3. The van der Waals surface area contributed by atoms with Gasteiger partial charge in [-0.15, -0.1) is 0 Å². The molecule has 16 rings (SSSR count). The number of rotatable bonds is 2. The van der Waals surface area contributed by atoms with Crippen LogP contribution in [0.4, 0.5) is 0 Å². The van der Waals surface area contributed by atoms with Gasteiger partial charge in [0.1, 0.15) is 34.1 Å². The van der Waals surface area contributed by atoms with Gasteiger partial charge in [0.15, 0.2) is 5.58 Å². The number of nitrogens with zero attached hydrogens (tertiary/aromatic N) is 2. The van der Waals surface area contributed by atoms with E-state index in [4.69, 9.17) is 13.9 Å². The highest BCUT2D eigenvalue weighted by Crippen LogP contribution is 2.54. The van der Waals surface area contributed by atoms with Crippen LogP contribution in [0, 0.1) is 6.92 Å². The molecule has 11 aromatic rings. The van der Waals surface area contributed by atoms with Crippen LogP contribution in [0.5, 0.6) is 23.0 Å². The van der Waals surface area contributed by atoms with Gasteiger partial charge in [-0.25, -0.2) is 0 Å². The number of hydrogen-bond donors (Lipinski definition) is 0. The van der Waals surface area contributed by atoms with Gasteiger partial charge in [-0.3, -0.25) is 0 Å². The summed E-state index contributed by atoms with van der Waals surface area (Å²) in [7, 11) is 0. The lowest BCUT2D eigenvalue weighted by Crippen LogP contribution is -2.58. The first-order chi connectivity index (χ1) is 31.4. The van der Waals surface area contributed by atoms with Crippen molar-refractivity contribution >= 4 is 90.1 Å². The first-order valence-electron chi connectivity index (χ1n) is 22.5. The largest absolute Gasteiger partial charge is 0.458 e. The van der Waals surface area contributed by atoms with Gasteiger partial charge in [0.05, 0.1) is 11.2 Å². The molecule has 0 N–H and O–H groups in total. The summed E-state index contributed by atoms with van der Waals surface area (Å²) < 4.78 is 25.9. The van der Waals surface area contributed by atoms with E-state index in [0.717, 1.165) is 56.3 Å². The fraction of sp³-hybridized carbons (Fsp3) is 0.0877. The number of aromatic nitrogens is 2. The number of fused-ring (bicyclic) bond motifs is 18. The van der Waals surface area contributed by atoms with Crippen LogP contribution in [-0.4, -0.2) is 22.6 Å². The van der Waals surface area contributed by atoms with Gasteiger partial charge in [-0.05, 0) is 122 Å². The monoisotopic (exact) mass is 818 g/mol. The van der Waals surface area contributed by atoms with E-state index in [2.05, 4.69) is 182 Å². The molecule has 0 atom stereocenters. The van der Waals surface area contributed by atoms with Gasteiger partial charge in [0.2, 0.25) is 0 Å². The summed E-state index contributed by atoms with van der Waals surface area (Å²) in [6, 6.07) is 55.8. The summed E-state index contributed by atoms with van der Waals surface area (Å²) in [6.45, 7) is 7.05. The maximum Gasteiger partial charge on any atom is 0.256 e. The van der Waals surface area contributed by atoms with Crippen molar-refractivity contribution in [2.75, 3.05) is 0 Å². The molecule has 0 amide bonds. The Bertz CT molecular complexity index is 4020. The second kappa shape index (κ2) is 11.3. The molecular formula is C57H36B2N2O3. The van der Waals surface area contributed by atoms with E-state index >= 15 is 0 Å². The maximum atomic E-state index is 7.05. The maximum absolute atomic E-state index is 7.05. The second-order valence-corrected chi connectivity index (χ2v) is 19.2. The van der Waals surface area contributed by atoms with Crippen LogP contribution in [-0.2, 0) is 11.8 Å². The highest BCUT2D eigenvalue weighted by Gasteiger charge is 2.47. The molecule has 0 saturated carbocycles. The standard InChI is InChI=1S/C57H36B2N2O3/c1-30-25-41-50-46(26-30)62-44-21-10-8-18-38(44)59(50)40-24-23-32(48-55(40)61(41)54-34-14-5-9-20-43(34)64-56(48)54)27-31-28-42-51-47(29-31)63-45-22-11-7-17-37(45)58(51)39-19-12-15-35-49-53(60(42)52(35)39)33-13-4-6-16-36(33)57(49,2)3/h4-26,28-29H,27H2,1-3H3. The molecule has 3 aromatic heterocycles. The molecule has 5 aliphatic rings. The van der Waals surface area contributed by atoms with Crippen molar-refractivity contribution in [1.82, 2.24) is 9.13 Å². The van der Waals surface area contributed by atoms with Gasteiger partial charge in [0, 0.05) is 44.0 Å². The lowest BCUT2D eigenvalue weighted by Gasteiger charge is -2.34. The van der Waals surface area contributed by atoms with Crippen LogP contribution in [0.25, 0.3) is 66.5 Å². The average molecular weight is 819 g/mol. The van der Waals surface area contributed by atoms with E-state index in [-0.39, 0.29) is 18.8 Å². The predicted octanol–water partition coefficient (Wildman–Crippen LogP) is 9.55. The Labute approximate surface area is 369 Å². The van der Waals surface area contributed by atoms with E-state index in [0.29, 0.717) is 6.42 Å². The van der Waals surface area contributed by atoms with Crippen molar-refractivity contribution in [3.8, 4) is 45.6 Å². The highest BCUT2D eigenvalue weighted by molar-refractivity contribution is 7.00. The fourth-order valence-corrected chi connectivity index (χ4v) is 13.1. The van der Waals surface area contributed by atoms with Crippen molar-refractivity contribution in [3.05, 3.63) is 179 Å². The van der Waals surface area contributed by atoms with Crippen molar-refractivity contribution in [1.29, 1.82) is 0 Å². The lowest BCUT2D eigenvalue weighted by molar-refractivity contribution is 0.486. The van der Waals surface area contributed by atoms with Gasteiger partial charge >= 0.3 is 0 Å². The molecule has 4 aliphatic heterocycles. The van der Waals surface area contributed by atoms with Crippen LogP contribution in [0.15, 0.2) is 156 Å². The Kier molecular flexibility index (Phi) is 5.99. The second-order valence-electron chi connectivity index (χ2n) is 19.2. The normalized spacial score (nSPS) is 14.9.